The number of hydrogen-bond donors (Lipinski definition) is 1. The molecule has 1 heterocycles. The largest absolute Gasteiger partial charge is 0.344 e. The Balaban J connectivity index is 1.75. The molecule has 0 spiro atoms. The van der Waals surface area contributed by atoms with E-state index < -0.39 is 17.8 Å². The van der Waals surface area contributed by atoms with E-state index in [2.05, 4.69) is 19.3 Å². The fourth-order valence-corrected chi connectivity index (χ4v) is 2.93. The number of para-hydroxylation sites is 1. The Morgan fingerprint density at radius 2 is 1.62 bits per heavy atom. The van der Waals surface area contributed by atoms with E-state index in [-0.39, 0.29) is 6.04 Å². The minimum atomic E-state index is -0.503. The maximum atomic E-state index is 12.6. The van der Waals surface area contributed by atoms with Crippen LogP contribution in [0.1, 0.15) is 48.7 Å². The van der Waals surface area contributed by atoms with Gasteiger partial charge in [-0.05, 0) is 32.4 Å². The van der Waals surface area contributed by atoms with E-state index >= 15 is 0 Å². The van der Waals surface area contributed by atoms with Gasteiger partial charge in [0, 0.05) is 23.1 Å². The standard InChI is InChI=1S/C21H22N2O3/c1-14(2)23-13-18(17-11-7-8-12-19(17)23)20(24)22-26-21(25)15(3)16-9-5-4-6-10-16/h4-15H,1-3H3,(H,22,24). The topological polar surface area (TPSA) is 60.3 Å². The van der Waals surface area contributed by atoms with Crippen LogP contribution in [0.3, 0.4) is 0 Å². The summed E-state index contributed by atoms with van der Waals surface area (Å²) in [5, 5.41) is 0.825. The van der Waals surface area contributed by atoms with Crippen molar-refractivity contribution < 1.29 is 14.4 Å². The number of nitrogens with one attached hydrogen (secondary N) is 1. The van der Waals surface area contributed by atoms with Crippen LogP contribution in [0.5, 0.6) is 0 Å². The Hall–Kier alpha value is -3.08. The molecule has 3 aromatic rings. The maximum Gasteiger partial charge on any atom is 0.339 e. The van der Waals surface area contributed by atoms with Crippen molar-refractivity contribution in [2.45, 2.75) is 32.7 Å². The van der Waals surface area contributed by atoms with Gasteiger partial charge in [-0.25, -0.2) is 4.79 Å². The van der Waals surface area contributed by atoms with Crippen molar-refractivity contribution in [3.05, 3.63) is 71.9 Å². The van der Waals surface area contributed by atoms with Crippen LogP contribution in [0, 0.1) is 0 Å². The molecular weight excluding hydrogens is 328 g/mol. The zero-order chi connectivity index (χ0) is 18.7. The second kappa shape index (κ2) is 7.44. The van der Waals surface area contributed by atoms with Gasteiger partial charge in [-0.1, -0.05) is 48.5 Å². The van der Waals surface area contributed by atoms with Crippen LogP contribution < -0.4 is 5.48 Å². The Morgan fingerprint density at radius 3 is 2.31 bits per heavy atom. The molecule has 134 valence electrons. The lowest BCUT2D eigenvalue weighted by atomic mass is 10.0. The first-order valence-electron chi connectivity index (χ1n) is 8.64. The van der Waals surface area contributed by atoms with Gasteiger partial charge < -0.3 is 9.40 Å². The minimum absolute atomic E-state index is 0.210. The molecule has 0 bridgehead atoms. The number of nitrogens with zero attached hydrogens (tertiary/aromatic N) is 1. The van der Waals surface area contributed by atoms with Crippen LogP contribution in [-0.2, 0) is 9.63 Å². The second-order valence-corrected chi connectivity index (χ2v) is 6.55. The summed E-state index contributed by atoms with van der Waals surface area (Å²) < 4.78 is 2.03. The third kappa shape index (κ3) is 3.47. The predicted molar refractivity (Wildman–Crippen MR) is 101 cm³/mol. The normalized spacial score (nSPS) is 12.2. The van der Waals surface area contributed by atoms with Gasteiger partial charge in [-0.3, -0.25) is 4.79 Å². The molecule has 1 atom stereocenters. The predicted octanol–water partition coefficient (Wildman–Crippen LogP) is 4.21. The van der Waals surface area contributed by atoms with E-state index in [1.165, 1.54) is 0 Å². The highest BCUT2D eigenvalue weighted by molar-refractivity contribution is 6.07. The van der Waals surface area contributed by atoms with E-state index in [0.717, 1.165) is 16.5 Å². The Morgan fingerprint density at radius 1 is 0.962 bits per heavy atom. The molecule has 0 saturated heterocycles. The molecular formula is C21H22N2O3. The van der Waals surface area contributed by atoms with Crippen molar-refractivity contribution in [1.29, 1.82) is 0 Å². The van der Waals surface area contributed by atoms with Gasteiger partial charge in [0.15, 0.2) is 0 Å². The average molecular weight is 350 g/mol. The van der Waals surface area contributed by atoms with Crippen LogP contribution in [0.4, 0.5) is 0 Å². The molecule has 0 radical (unpaired) electrons. The fraction of sp³-hybridized carbons (Fsp3) is 0.238. The molecule has 5 heteroatoms. The highest BCUT2D eigenvalue weighted by atomic mass is 16.7. The van der Waals surface area contributed by atoms with Crippen molar-refractivity contribution in [1.82, 2.24) is 10.0 Å². The highest BCUT2D eigenvalue weighted by Gasteiger charge is 2.20. The molecule has 1 unspecified atom stereocenters. The van der Waals surface area contributed by atoms with E-state index in [1.54, 1.807) is 13.1 Å². The molecule has 26 heavy (non-hydrogen) atoms. The molecule has 0 fully saturated rings. The maximum absolute atomic E-state index is 12.6. The van der Waals surface area contributed by atoms with Crippen molar-refractivity contribution >= 4 is 22.8 Å². The second-order valence-electron chi connectivity index (χ2n) is 6.55. The summed E-state index contributed by atoms with van der Waals surface area (Å²) in [6, 6.07) is 17.2. The molecule has 5 nitrogen and oxygen atoms in total. The summed E-state index contributed by atoms with van der Waals surface area (Å²) in [5.41, 5.74) is 4.58. The Kier molecular flexibility index (Phi) is 5.07. The van der Waals surface area contributed by atoms with Crippen LogP contribution in [-0.4, -0.2) is 16.4 Å². The van der Waals surface area contributed by atoms with Crippen molar-refractivity contribution in [2.24, 2.45) is 0 Å². The number of carbonyl (C=O) groups is 2. The zero-order valence-electron chi connectivity index (χ0n) is 15.1. The van der Waals surface area contributed by atoms with Crippen LogP contribution >= 0.6 is 0 Å². The molecule has 0 aliphatic carbocycles. The number of fused-ring (bicyclic) bond motifs is 1. The highest BCUT2D eigenvalue weighted by Crippen LogP contribution is 2.24. The minimum Gasteiger partial charge on any atom is -0.344 e. The van der Waals surface area contributed by atoms with Crippen LogP contribution in [0.2, 0.25) is 0 Å². The van der Waals surface area contributed by atoms with Crippen LogP contribution in [0.15, 0.2) is 60.8 Å². The van der Waals surface area contributed by atoms with Gasteiger partial charge in [-0.2, -0.15) is 5.48 Å². The van der Waals surface area contributed by atoms with Gasteiger partial charge in [-0.15, -0.1) is 0 Å². The number of rotatable bonds is 4. The summed E-state index contributed by atoms with van der Waals surface area (Å²) in [6.07, 6.45) is 1.79. The lowest BCUT2D eigenvalue weighted by Gasteiger charge is -2.11. The van der Waals surface area contributed by atoms with Gasteiger partial charge in [0.05, 0.1) is 11.5 Å². The quantitative estimate of drug-likeness (QED) is 0.717. The SMILES string of the molecule is CC(C(=O)ONC(=O)c1cn(C(C)C)c2ccccc12)c1ccccc1. The van der Waals surface area contributed by atoms with E-state index in [9.17, 15) is 9.59 Å². The Bertz CT molecular complexity index is 929. The molecule has 3 rings (SSSR count). The first-order chi connectivity index (χ1) is 12.5. The van der Waals surface area contributed by atoms with Gasteiger partial charge >= 0.3 is 5.97 Å². The third-order valence-corrected chi connectivity index (χ3v) is 4.44. The van der Waals surface area contributed by atoms with E-state index in [1.807, 2.05) is 59.2 Å². The molecule has 1 amide bonds. The number of benzene rings is 2. The molecule has 1 aromatic heterocycles. The molecule has 0 aliphatic heterocycles. The molecule has 0 saturated carbocycles. The number of hydroxylamine groups is 1. The lowest BCUT2D eigenvalue weighted by molar-refractivity contribution is -0.150. The summed E-state index contributed by atoms with van der Waals surface area (Å²) >= 11 is 0. The zero-order valence-corrected chi connectivity index (χ0v) is 15.1. The third-order valence-electron chi connectivity index (χ3n) is 4.44. The summed E-state index contributed by atoms with van der Waals surface area (Å²) in [7, 11) is 0. The van der Waals surface area contributed by atoms with Gasteiger partial charge in [0.1, 0.15) is 0 Å². The summed E-state index contributed by atoms with van der Waals surface area (Å²) in [5.74, 6) is -1.40. The van der Waals surface area contributed by atoms with Crippen molar-refractivity contribution in [3.8, 4) is 0 Å². The number of hydrogen-bond acceptors (Lipinski definition) is 3. The number of carbonyl (C=O) groups excluding carboxylic acids is 2. The van der Waals surface area contributed by atoms with E-state index in [0.29, 0.717) is 5.56 Å². The van der Waals surface area contributed by atoms with Crippen molar-refractivity contribution in [3.63, 3.8) is 0 Å². The first-order valence-corrected chi connectivity index (χ1v) is 8.64. The number of aromatic nitrogens is 1. The average Bonchev–Trinajstić information content (AvgIpc) is 3.06. The lowest BCUT2D eigenvalue weighted by Crippen LogP contribution is -2.29. The van der Waals surface area contributed by atoms with Crippen molar-refractivity contribution in [2.75, 3.05) is 0 Å². The molecule has 2 aromatic carbocycles. The van der Waals surface area contributed by atoms with Gasteiger partial charge in [0.25, 0.3) is 5.91 Å². The van der Waals surface area contributed by atoms with Gasteiger partial charge in [0.2, 0.25) is 0 Å². The first kappa shape index (κ1) is 17.7. The van der Waals surface area contributed by atoms with E-state index in [4.69, 9.17) is 4.84 Å². The molecule has 0 aliphatic rings. The molecule has 1 N–H and O–H groups in total. The summed E-state index contributed by atoms with van der Waals surface area (Å²) in [4.78, 5) is 29.8. The summed E-state index contributed by atoms with van der Waals surface area (Å²) in [6.45, 7) is 5.85. The fourth-order valence-electron chi connectivity index (χ4n) is 2.93. The number of amides is 1. The monoisotopic (exact) mass is 350 g/mol. The smallest absolute Gasteiger partial charge is 0.339 e. The Labute approximate surface area is 152 Å². The van der Waals surface area contributed by atoms with Crippen LogP contribution in [0.25, 0.3) is 10.9 Å².